The molecule has 0 aliphatic carbocycles. The van der Waals surface area contributed by atoms with E-state index in [-0.39, 0.29) is 12.5 Å². The first-order valence-electron chi connectivity index (χ1n) is 5.27. The minimum Gasteiger partial charge on any atom is -0.492 e. The second kappa shape index (κ2) is 6.61. The molecule has 0 atom stereocenters. The molecule has 94 valence electrons. The Morgan fingerprint density at radius 1 is 1.47 bits per heavy atom. The predicted molar refractivity (Wildman–Crippen MR) is 68.9 cm³/mol. The van der Waals surface area contributed by atoms with E-state index in [0.29, 0.717) is 18.8 Å². The highest BCUT2D eigenvalue weighted by Crippen LogP contribution is 2.26. The molecule has 1 aromatic carbocycles. The Morgan fingerprint density at radius 2 is 2.18 bits per heavy atom. The molecule has 1 aromatic rings. The standard InChI is InChI=1S/C12H16BrNO3/c1-14(2)12(16)5-6-17-11-4-3-9(8-15)7-10(11)13/h3-4,7,15H,5-6,8H2,1-2H3. The van der Waals surface area contributed by atoms with E-state index in [9.17, 15) is 4.79 Å². The zero-order valence-corrected chi connectivity index (χ0v) is 11.5. The molecule has 4 nitrogen and oxygen atoms in total. The number of carbonyl (C=O) groups excluding carboxylic acids is 1. The number of nitrogens with zero attached hydrogens (tertiary/aromatic N) is 1. The Kier molecular flexibility index (Phi) is 5.44. The maximum absolute atomic E-state index is 11.3. The molecule has 0 fully saturated rings. The number of carbonyl (C=O) groups is 1. The van der Waals surface area contributed by atoms with Crippen LogP contribution in [0.5, 0.6) is 5.75 Å². The van der Waals surface area contributed by atoms with Gasteiger partial charge in [-0.2, -0.15) is 0 Å². The van der Waals surface area contributed by atoms with Crippen LogP contribution in [0.2, 0.25) is 0 Å². The summed E-state index contributed by atoms with van der Waals surface area (Å²) < 4.78 is 6.26. The fraction of sp³-hybridized carbons (Fsp3) is 0.417. The van der Waals surface area contributed by atoms with Gasteiger partial charge in [-0.05, 0) is 33.6 Å². The quantitative estimate of drug-likeness (QED) is 0.902. The third-order valence-electron chi connectivity index (χ3n) is 2.25. The number of ether oxygens (including phenoxy) is 1. The van der Waals surface area contributed by atoms with Crippen molar-refractivity contribution in [3.8, 4) is 5.75 Å². The lowest BCUT2D eigenvalue weighted by molar-refractivity contribution is -0.129. The molecule has 0 bridgehead atoms. The van der Waals surface area contributed by atoms with E-state index in [1.807, 2.05) is 0 Å². The molecule has 0 aromatic heterocycles. The summed E-state index contributed by atoms with van der Waals surface area (Å²) in [5.74, 6) is 0.710. The van der Waals surface area contributed by atoms with Gasteiger partial charge in [0, 0.05) is 14.1 Å². The maximum atomic E-state index is 11.3. The molecule has 0 heterocycles. The summed E-state index contributed by atoms with van der Waals surface area (Å²) in [6.07, 6.45) is 0.348. The average molecular weight is 302 g/mol. The van der Waals surface area contributed by atoms with Crippen molar-refractivity contribution >= 4 is 21.8 Å². The summed E-state index contributed by atoms with van der Waals surface area (Å²) in [5, 5.41) is 8.95. The van der Waals surface area contributed by atoms with Crippen LogP contribution in [0.3, 0.4) is 0 Å². The monoisotopic (exact) mass is 301 g/mol. The Bertz CT molecular complexity index is 393. The van der Waals surface area contributed by atoms with E-state index in [2.05, 4.69) is 15.9 Å². The highest BCUT2D eigenvalue weighted by atomic mass is 79.9. The van der Waals surface area contributed by atoms with Crippen LogP contribution in [0.1, 0.15) is 12.0 Å². The Morgan fingerprint density at radius 3 is 2.71 bits per heavy atom. The van der Waals surface area contributed by atoms with Gasteiger partial charge >= 0.3 is 0 Å². The Hall–Kier alpha value is -1.07. The number of aliphatic hydroxyl groups excluding tert-OH is 1. The Labute approximate surface area is 109 Å². The lowest BCUT2D eigenvalue weighted by Gasteiger charge is -2.12. The largest absolute Gasteiger partial charge is 0.492 e. The fourth-order valence-corrected chi connectivity index (χ4v) is 1.77. The summed E-state index contributed by atoms with van der Waals surface area (Å²) >= 11 is 3.35. The zero-order valence-electron chi connectivity index (χ0n) is 9.94. The molecule has 1 amide bonds. The molecule has 0 aliphatic rings. The van der Waals surface area contributed by atoms with E-state index >= 15 is 0 Å². The van der Waals surface area contributed by atoms with Gasteiger partial charge in [-0.3, -0.25) is 4.79 Å². The van der Waals surface area contributed by atoms with Gasteiger partial charge in [0.2, 0.25) is 5.91 Å². The van der Waals surface area contributed by atoms with Crippen LogP contribution in [0.25, 0.3) is 0 Å². The van der Waals surface area contributed by atoms with Gasteiger partial charge in [0.1, 0.15) is 5.75 Å². The molecule has 0 saturated carbocycles. The number of benzene rings is 1. The number of hydrogen-bond donors (Lipinski definition) is 1. The molecule has 1 rings (SSSR count). The van der Waals surface area contributed by atoms with Crippen molar-refractivity contribution in [3.05, 3.63) is 28.2 Å². The molecule has 0 aliphatic heterocycles. The van der Waals surface area contributed by atoms with Gasteiger partial charge in [-0.15, -0.1) is 0 Å². The predicted octanol–water partition coefficient (Wildman–Crippen LogP) is 1.80. The van der Waals surface area contributed by atoms with Crippen LogP contribution < -0.4 is 4.74 Å². The number of amides is 1. The summed E-state index contributed by atoms with van der Waals surface area (Å²) in [4.78, 5) is 12.9. The van der Waals surface area contributed by atoms with Crippen LogP contribution >= 0.6 is 15.9 Å². The summed E-state index contributed by atoms with van der Waals surface area (Å²) in [5.41, 5.74) is 0.814. The molecule has 1 N–H and O–H groups in total. The summed E-state index contributed by atoms with van der Waals surface area (Å²) in [6.45, 7) is 0.339. The van der Waals surface area contributed by atoms with Crippen molar-refractivity contribution in [2.24, 2.45) is 0 Å². The van der Waals surface area contributed by atoms with Crippen molar-refractivity contribution in [2.75, 3.05) is 20.7 Å². The van der Waals surface area contributed by atoms with E-state index < -0.39 is 0 Å². The topological polar surface area (TPSA) is 49.8 Å². The normalized spacial score (nSPS) is 10.1. The number of aliphatic hydroxyl groups is 1. The van der Waals surface area contributed by atoms with E-state index in [1.54, 1.807) is 32.3 Å². The smallest absolute Gasteiger partial charge is 0.225 e. The van der Waals surface area contributed by atoms with Crippen LogP contribution in [-0.2, 0) is 11.4 Å². The molecule has 0 radical (unpaired) electrons. The second-order valence-corrected chi connectivity index (χ2v) is 4.66. The van der Waals surface area contributed by atoms with Crippen molar-refractivity contribution in [1.29, 1.82) is 0 Å². The van der Waals surface area contributed by atoms with Crippen LogP contribution in [0.4, 0.5) is 0 Å². The second-order valence-electron chi connectivity index (χ2n) is 3.81. The molecular weight excluding hydrogens is 286 g/mol. The first-order valence-corrected chi connectivity index (χ1v) is 6.06. The van der Waals surface area contributed by atoms with Gasteiger partial charge < -0.3 is 14.7 Å². The summed E-state index contributed by atoms with van der Waals surface area (Å²) in [7, 11) is 3.43. The fourth-order valence-electron chi connectivity index (χ4n) is 1.23. The third kappa shape index (κ3) is 4.36. The highest BCUT2D eigenvalue weighted by Gasteiger charge is 2.06. The molecule has 5 heteroatoms. The van der Waals surface area contributed by atoms with Gasteiger partial charge in [0.15, 0.2) is 0 Å². The van der Waals surface area contributed by atoms with E-state index in [4.69, 9.17) is 9.84 Å². The maximum Gasteiger partial charge on any atom is 0.225 e. The number of hydrogen-bond acceptors (Lipinski definition) is 3. The van der Waals surface area contributed by atoms with Crippen LogP contribution in [0, 0.1) is 0 Å². The van der Waals surface area contributed by atoms with Crippen LogP contribution in [0.15, 0.2) is 22.7 Å². The first kappa shape index (κ1) is 14.0. The third-order valence-corrected chi connectivity index (χ3v) is 2.87. The molecule has 0 unspecified atom stereocenters. The minimum atomic E-state index is -0.00199. The van der Waals surface area contributed by atoms with Crippen molar-refractivity contribution < 1.29 is 14.6 Å². The first-order chi connectivity index (χ1) is 8.04. The number of halogens is 1. The molecule has 0 saturated heterocycles. The highest BCUT2D eigenvalue weighted by molar-refractivity contribution is 9.10. The molecular formula is C12H16BrNO3. The Balaban J connectivity index is 2.50. The average Bonchev–Trinajstić information content (AvgIpc) is 2.30. The van der Waals surface area contributed by atoms with Gasteiger partial charge in [0.05, 0.1) is 24.1 Å². The minimum absolute atomic E-state index is 0.00199. The van der Waals surface area contributed by atoms with E-state index in [0.717, 1.165) is 10.0 Å². The zero-order chi connectivity index (χ0) is 12.8. The van der Waals surface area contributed by atoms with Gasteiger partial charge in [0.25, 0.3) is 0 Å². The van der Waals surface area contributed by atoms with Crippen LogP contribution in [-0.4, -0.2) is 36.6 Å². The summed E-state index contributed by atoms with van der Waals surface area (Å²) in [6, 6.07) is 5.35. The van der Waals surface area contributed by atoms with Crippen molar-refractivity contribution in [1.82, 2.24) is 4.90 Å². The number of rotatable bonds is 5. The van der Waals surface area contributed by atoms with Gasteiger partial charge in [-0.1, -0.05) is 6.07 Å². The van der Waals surface area contributed by atoms with Crippen molar-refractivity contribution in [2.45, 2.75) is 13.0 Å². The van der Waals surface area contributed by atoms with E-state index in [1.165, 1.54) is 4.90 Å². The van der Waals surface area contributed by atoms with Crippen molar-refractivity contribution in [3.63, 3.8) is 0 Å². The van der Waals surface area contributed by atoms with Gasteiger partial charge in [-0.25, -0.2) is 0 Å². The molecule has 17 heavy (non-hydrogen) atoms. The SMILES string of the molecule is CN(C)C(=O)CCOc1ccc(CO)cc1Br. The lowest BCUT2D eigenvalue weighted by atomic mass is 10.2. The molecule has 0 spiro atoms. The lowest BCUT2D eigenvalue weighted by Crippen LogP contribution is -2.23.